The zero-order chi connectivity index (χ0) is 17.1. The summed E-state index contributed by atoms with van der Waals surface area (Å²) in [4.78, 5) is 11.3. The second-order valence-corrected chi connectivity index (χ2v) is 5.73. The first-order valence-electron chi connectivity index (χ1n) is 7.84. The lowest BCUT2D eigenvalue weighted by atomic mass is 9.97. The molecule has 0 aliphatic carbocycles. The highest BCUT2D eigenvalue weighted by Crippen LogP contribution is 2.36. The lowest BCUT2D eigenvalue weighted by Gasteiger charge is -2.47. The summed E-state index contributed by atoms with van der Waals surface area (Å²) in [5.41, 5.74) is 0.918. The van der Waals surface area contributed by atoms with Crippen LogP contribution < -0.4 is 0 Å². The first-order valence-corrected chi connectivity index (χ1v) is 7.84. The van der Waals surface area contributed by atoms with E-state index in [1.807, 2.05) is 30.3 Å². The molecule has 2 heterocycles. The largest absolute Gasteiger partial charge is 0.433 e. The van der Waals surface area contributed by atoms with Gasteiger partial charge in [-0.1, -0.05) is 30.3 Å². The van der Waals surface area contributed by atoms with Gasteiger partial charge in [0.25, 0.3) is 0 Å². The molecule has 1 aromatic carbocycles. The third-order valence-electron chi connectivity index (χ3n) is 4.18. The van der Waals surface area contributed by atoms with Crippen LogP contribution in [0.25, 0.3) is 0 Å². The van der Waals surface area contributed by atoms with Crippen LogP contribution in [0.1, 0.15) is 18.8 Å². The predicted octanol–water partition coefficient (Wildman–Crippen LogP) is 1.42. The number of hydrogen-bond acceptors (Lipinski definition) is 7. The minimum Gasteiger partial charge on any atom is -0.433 e. The minimum absolute atomic E-state index is 0.304. The van der Waals surface area contributed by atoms with Gasteiger partial charge in [0.05, 0.1) is 6.61 Å². The summed E-state index contributed by atoms with van der Waals surface area (Å²) in [7, 11) is 3.09. The summed E-state index contributed by atoms with van der Waals surface area (Å²) in [5.74, 6) is -0.449. The molecule has 0 N–H and O–H groups in total. The summed E-state index contributed by atoms with van der Waals surface area (Å²) >= 11 is 0. The van der Waals surface area contributed by atoms with Crippen molar-refractivity contribution in [1.29, 1.82) is 0 Å². The van der Waals surface area contributed by atoms with Gasteiger partial charge in [-0.05, 0) is 0 Å². The molecule has 24 heavy (non-hydrogen) atoms. The quantitative estimate of drug-likeness (QED) is 0.769. The molecule has 7 nitrogen and oxygen atoms in total. The summed E-state index contributed by atoms with van der Waals surface area (Å²) in [6.45, 7) is 1.63. The highest BCUT2D eigenvalue weighted by atomic mass is 16.8. The smallest absolute Gasteiger partial charge is 0.305 e. The number of esters is 1. The molecule has 2 saturated heterocycles. The lowest BCUT2D eigenvalue weighted by Crippen LogP contribution is -2.63. The Kier molecular flexibility index (Phi) is 5.47. The zero-order valence-corrected chi connectivity index (χ0v) is 13.9. The van der Waals surface area contributed by atoms with Gasteiger partial charge in [0.1, 0.15) is 24.4 Å². The average molecular weight is 338 g/mol. The van der Waals surface area contributed by atoms with Crippen LogP contribution in [0.5, 0.6) is 0 Å². The van der Waals surface area contributed by atoms with E-state index in [-0.39, 0.29) is 0 Å². The van der Waals surface area contributed by atoms with Crippen molar-refractivity contribution in [2.24, 2.45) is 0 Å². The van der Waals surface area contributed by atoms with E-state index in [1.165, 1.54) is 14.0 Å². The average Bonchev–Trinajstić information content (AvgIpc) is 2.60. The Balaban J connectivity index is 1.78. The molecule has 3 rings (SSSR count). The third-order valence-corrected chi connectivity index (χ3v) is 4.18. The lowest BCUT2D eigenvalue weighted by molar-refractivity contribution is -0.360. The molecule has 0 radical (unpaired) electrons. The van der Waals surface area contributed by atoms with E-state index >= 15 is 0 Å². The van der Waals surface area contributed by atoms with Gasteiger partial charge in [-0.15, -0.1) is 0 Å². The number of methoxy groups -OCH3 is 2. The molecule has 0 saturated carbocycles. The molecule has 7 heteroatoms. The van der Waals surface area contributed by atoms with Crippen molar-refractivity contribution >= 4 is 5.97 Å². The van der Waals surface area contributed by atoms with Crippen LogP contribution in [-0.2, 0) is 33.2 Å². The maximum absolute atomic E-state index is 11.3. The molecule has 6 atom stereocenters. The number of carbonyl (C=O) groups excluding carboxylic acids is 1. The second-order valence-electron chi connectivity index (χ2n) is 5.73. The van der Waals surface area contributed by atoms with Crippen LogP contribution in [-0.4, -0.2) is 57.5 Å². The van der Waals surface area contributed by atoms with Gasteiger partial charge in [0, 0.05) is 26.7 Å². The molecule has 0 bridgehead atoms. The van der Waals surface area contributed by atoms with Crippen molar-refractivity contribution in [2.75, 3.05) is 20.8 Å². The van der Waals surface area contributed by atoms with Crippen molar-refractivity contribution in [2.45, 2.75) is 43.9 Å². The van der Waals surface area contributed by atoms with E-state index < -0.39 is 43.0 Å². The minimum atomic E-state index is -0.862. The molecular formula is C17H22O7. The SMILES string of the molecule is CO[C@@H]1[C@H](OC)[C@H](OC(C)=O)O[C@@H]2COC(c3ccccc3)O[C@@H]12. The first kappa shape index (κ1) is 17.3. The van der Waals surface area contributed by atoms with E-state index in [4.69, 9.17) is 28.4 Å². The Bertz CT molecular complexity index is 549. The maximum atomic E-state index is 11.3. The third kappa shape index (κ3) is 3.45. The molecule has 2 aliphatic rings. The maximum Gasteiger partial charge on any atom is 0.305 e. The Morgan fingerprint density at radius 1 is 1.08 bits per heavy atom. The Hall–Kier alpha value is -1.51. The highest BCUT2D eigenvalue weighted by Gasteiger charge is 2.51. The summed E-state index contributed by atoms with van der Waals surface area (Å²) in [6, 6.07) is 9.65. The Morgan fingerprint density at radius 2 is 1.79 bits per heavy atom. The van der Waals surface area contributed by atoms with Crippen molar-refractivity contribution < 1.29 is 33.2 Å². The van der Waals surface area contributed by atoms with Gasteiger partial charge in [0.15, 0.2) is 6.29 Å². The topological polar surface area (TPSA) is 72.5 Å². The van der Waals surface area contributed by atoms with Crippen LogP contribution in [0.2, 0.25) is 0 Å². The van der Waals surface area contributed by atoms with Crippen molar-refractivity contribution in [3.05, 3.63) is 35.9 Å². The van der Waals surface area contributed by atoms with Crippen molar-refractivity contribution in [3.63, 3.8) is 0 Å². The van der Waals surface area contributed by atoms with Crippen LogP contribution in [0, 0.1) is 0 Å². The van der Waals surface area contributed by atoms with Crippen molar-refractivity contribution in [3.8, 4) is 0 Å². The van der Waals surface area contributed by atoms with Crippen LogP contribution in [0.3, 0.4) is 0 Å². The number of ether oxygens (including phenoxy) is 6. The van der Waals surface area contributed by atoms with Gasteiger partial charge in [-0.3, -0.25) is 4.79 Å². The number of carbonyl (C=O) groups is 1. The van der Waals surface area contributed by atoms with Crippen molar-refractivity contribution in [1.82, 2.24) is 0 Å². The molecule has 2 fully saturated rings. The fraction of sp³-hybridized carbons (Fsp3) is 0.588. The molecule has 0 aromatic heterocycles. The predicted molar refractivity (Wildman–Crippen MR) is 82.0 cm³/mol. The van der Waals surface area contributed by atoms with E-state index in [1.54, 1.807) is 7.11 Å². The van der Waals surface area contributed by atoms with E-state index in [2.05, 4.69) is 0 Å². The van der Waals surface area contributed by atoms with E-state index in [0.29, 0.717) is 6.61 Å². The molecule has 2 aliphatic heterocycles. The fourth-order valence-corrected chi connectivity index (χ4v) is 3.10. The van der Waals surface area contributed by atoms with Crippen LogP contribution in [0.4, 0.5) is 0 Å². The molecular weight excluding hydrogens is 316 g/mol. The Morgan fingerprint density at radius 3 is 2.42 bits per heavy atom. The van der Waals surface area contributed by atoms with Gasteiger partial charge < -0.3 is 28.4 Å². The summed E-state index contributed by atoms with van der Waals surface area (Å²) in [6.07, 6.45) is -3.21. The molecule has 132 valence electrons. The second kappa shape index (κ2) is 7.58. The normalized spacial score (nSPS) is 36.0. The number of benzene rings is 1. The monoisotopic (exact) mass is 338 g/mol. The van der Waals surface area contributed by atoms with Gasteiger partial charge in [0.2, 0.25) is 6.29 Å². The molecule has 0 amide bonds. The highest BCUT2D eigenvalue weighted by molar-refractivity contribution is 5.66. The Labute approximate surface area is 140 Å². The fourth-order valence-electron chi connectivity index (χ4n) is 3.10. The first-order chi connectivity index (χ1) is 11.6. The van der Waals surface area contributed by atoms with Gasteiger partial charge in [-0.25, -0.2) is 0 Å². The summed E-state index contributed by atoms with van der Waals surface area (Å²) < 4.78 is 33.9. The van der Waals surface area contributed by atoms with Gasteiger partial charge in [-0.2, -0.15) is 0 Å². The van der Waals surface area contributed by atoms with Crippen LogP contribution >= 0.6 is 0 Å². The van der Waals surface area contributed by atoms with Gasteiger partial charge >= 0.3 is 5.97 Å². The number of hydrogen-bond donors (Lipinski definition) is 0. The van der Waals surface area contributed by atoms with E-state index in [9.17, 15) is 4.79 Å². The van der Waals surface area contributed by atoms with Crippen LogP contribution in [0.15, 0.2) is 30.3 Å². The number of rotatable bonds is 4. The molecule has 0 spiro atoms. The molecule has 1 aromatic rings. The summed E-state index contributed by atoms with van der Waals surface area (Å²) in [5, 5.41) is 0. The standard InChI is InChI=1S/C17H22O7/c1-10(18)22-17-15(20-3)14(19-2)13-12(23-17)9-21-16(24-13)11-7-5-4-6-8-11/h4-8,12-17H,9H2,1-3H3/t12-,13-,14+,15+,16?,17-/m1/s1. The molecule has 1 unspecified atom stereocenters. The zero-order valence-electron chi connectivity index (χ0n) is 13.9. The number of fused-ring (bicyclic) bond motifs is 1. The van der Waals surface area contributed by atoms with E-state index in [0.717, 1.165) is 5.56 Å².